The molecule has 310 valence electrons. The summed E-state index contributed by atoms with van der Waals surface area (Å²) >= 11 is 10.2. The number of nitrogen functional groups attached to an aromatic ring is 1. The number of thiazole rings is 1. The molecule has 0 aliphatic carbocycles. The van der Waals surface area contributed by atoms with Crippen LogP contribution in [0.1, 0.15) is 62.2 Å². The zero-order valence-electron chi connectivity index (χ0n) is 33.0. The van der Waals surface area contributed by atoms with Crippen LogP contribution < -0.4 is 11.1 Å². The Kier molecular flexibility index (Phi) is 14.2. The van der Waals surface area contributed by atoms with Gasteiger partial charge in [0, 0.05) is 41.1 Å². The minimum Gasteiger partial charge on any atom is -0.448 e. The summed E-state index contributed by atoms with van der Waals surface area (Å²) in [7, 11) is 2.97. The van der Waals surface area contributed by atoms with Gasteiger partial charge in [-0.15, -0.1) is 0 Å². The molecule has 59 heavy (non-hydrogen) atoms. The SMILES string of the molecule is CON=C(C(=O)NC1C(=O)N2C(C(=O)OC(c3ccccc3)c3ccccc3)=C(Sc3cccnc3CSCCN(C)C(=O)OC(C)(C)C)CCC12)c1nc(N)sc1Cl. The van der Waals surface area contributed by atoms with Crippen LogP contribution in [-0.4, -0.2) is 93.5 Å². The summed E-state index contributed by atoms with van der Waals surface area (Å²) in [5.41, 5.74) is 7.40. The molecule has 0 spiro atoms. The maximum Gasteiger partial charge on any atom is 0.410 e. The first-order valence-corrected chi connectivity index (χ1v) is 21.8. The predicted octanol–water partition coefficient (Wildman–Crippen LogP) is 7.05. The lowest BCUT2D eigenvalue weighted by Crippen LogP contribution is -2.72. The second-order valence-electron chi connectivity index (χ2n) is 14.4. The van der Waals surface area contributed by atoms with E-state index in [1.54, 1.807) is 29.9 Å². The van der Waals surface area contributed by atoms with Gasteiger partial charge in [-0.3, -0.25) is 19.5 Å². The molecule has 4 heterocycles. The van der Waals surface area contributed by atoms with E-state index < -0.39 is 47.7 Å². The smallest absolute Gasteiger partial charge is 0.410 e. The lowest BCUT2D eigenvalue weighted by atomic mass is 9.86. The van der Waals surface area contributed by atoms with Gasteiger partial charge in [0.2, 0.25) is 0 Å². The number of aromatic nitrogens is 2. The van der Waals surface area contributed by atoms with Crippen molar-refractivity contribution in [3.05, 3.63) is 116 Å². The standard InChI is InChI=1S/C41H44ClN7O7S3/c1-41(2,3)56-40(53)48(4)21-22-57-23-26-28(17-12-20-44-26)58-29-19-18-27-30(45-36(50)32(47-54-5)31-35(42)59-39(43)46-31)37(51)49(27)33(29)38(52)55-34(24-13-8-6-9-14-24)25-15-10-7-11-16-25/h6-17,20,27,30,34H,18-19,21-23H2,1-5H3,(H2,43,46)(H,45,50). The van der Waals surface area contributed by atoms with Crippen molar-refractivity contribution in [1.82, 2.24) is 25.1 Å². The number of anilines is 1. The first kappa shape index (κ1) is 43.5. The van der Waals surface area contributed by atoms with Crippen molar-refractivity contribution in [3.8, 4) is 0 Å². The highest BCUT2D eigenvalue weighted by atomic mass is 35.5. The van der Waals surface area contributed by atoms with E-state index in [-0.39, 0.29) is 26.6 Å². The maximum atomic E-state index is 14.6. The zero-order chi connectivity index (χ0) is 42.3. The van der Waals surface area contributed by atoms with Gasteiger partial charge in [-0.05, 0) is 56.9 Å². The molecular formula is C41H44ClN7O7S3. The number of nitrogens with zero attached hydrogens (tertiary/aromatic N) is 5. The van der Waals surface area contributed by atoms with Gasteiger partial charge in [0.05, 0.1) is 11.7 Å². The van der Waals surface area contributed by atoms with Gasteiger partial charge in [0.25, 0.3) is 11.8 Å². The zero-order valence-corrected chi connectivity index (χ0v) is 36.3. The van der Waals surface area contributed by atoms with E-state index >= 15 is 0 Å². The minimum atomic E-state index is -0.989. The molecule has 3 N–H and O–H groups in total. The Balaban J connectivity index is 1.27. The summed E-state index contributed by atoms with van der Waals surface area (Å²) < 4.78 is 12.0. The third-order valence-corrected chi connectivity index (χ3v) is 12.4. The number of amides is 3. The van der Waals surface area contributed by atoms with Crippen LogP contribution >= 0.6 is 46.5 Å². The number of esters is 1. The molecule has 6 rings (SSSR count). The number of fused-ring (bicyclic) bond motifs is 1. The highest BCUT2D eigenvalue weighted by Gasteiger charge is 2.54. The summed E-state index contributed by atoms with van der Waals surface area (Å²) in [4.78, 5) is 72.9. The normalized spacial score (nSPS) is 16.6. The number of halogens is 1. The van der Waals surface area contributed by atoms with Crippen LogP contribution in [0.15, 0.2) is 99.6 Å². The Morgan fingerprint density at radius 2 is 1.76 bits per heavy atom. The van der Waals surface area contributed by atoms with Crippen molar-refractivity contribution in [2.75, 3.05) is 32.2 Å². The predicted molar refractivity (Wildman–Crippen MR) is 230 cm³/mol. The van der Waals surface area contributed by atoms with Gasteiger partial charge in [-0.1, -0.05) is 101 Å². The summed E-state index contributed by atoms with van der Waals surface area (Å²) in [6, 6.07) is 20.9. The Hall–Kier alpha value is -5.10. The van der Waals surface area contributed by atoms with E-state index in [9.17, 15) is 19.2 Å². The lowest BCUT2D eigenvalue weighted by molar-refractivity contribution is -0.158. The van der Waals surface area contributed by atoms with Crippen molar-refractivity contribution in [2.45, 2.75) is 68.0 Å². The Labute approximate surface area is 359 Å². The summed E-state index contributed by atoms with van der Waals surface area (Å²) in [5, 5.41) is 6.72. The summed E-state index contributed by atoms with van der Waals surface area (Å²) in [5.74, 6) is -0.770. The molecule has 18 heteroatoms. The van der Waals surface area contributed by atoms with Gasteiger partial charge in [-0.2, -0.15) is 11.8 Å². The van der Waals surface area contributed by atoms with Gasteiger partial charge < -0.3 is 30.3 Å². The Morgan fingerprint density at radius 3 is 2.37 bits per heavy atom. The summed E-state index contributed by atoms with van der Waals surface area (Å²) in [6.07, 6.45) is 1.36. The number of hydrogen-bond acceptors (Lipinski definition) is 14. The van der Waals surface area contributed by atoms with Crippen LogP contribution in [0.5, 0.6) is 0 Å². The molecular weight excluding hydrogens is 834 g/mol. The molecule has 2 unspecified atom stereocenters. The average molecular weight is 878 g/mol. The van der Waals surface area contributed by atoms with Crippen LogP contribution in [0.3, 0.4) is 0 Å². The molecule has 2 aliphatic heterocycles. The second-order valence-corrected chi connectivity index (χ2v) is 18.3. The molecule has 2 aromatic carbocycles. The Bertz CT molecular complexity index is 2190. The number of nitrogens with two attached hydrogens (primary N) is 1. The van der Waals surface area contributed by atoms with Crippen LogP contribution in [0.4, 0.5) is 9.93 Å². The first-order valence-electron chi connectivity index (χ1n) is 18.6. The molecule has 2 atom stereocenters. The van der Waals surface area contributed by atoms with Crippen molar-refractivity contribution < 1.29 is 33.5 Å². The van der Waals surface area contributed by atoms with Crippen LogP contribution in [0.25, 0.3) is 0 Å². The molecule has 3 amide bonds. The number of carbonyl (C=O) groups excluding carboxylic acids is 4. The molecule has 1 saturated heterocycles. The second kappa shape index (κ2) is 19.3. The molecule has 4 aromatic rings. The van der Waals surface area contributed by atoms with Crippen LogP contribution in [0, 0.1) is 0 Å². The van der Waals surface area contributed by atoms with E-state index in [1.165, 1.54) is 23.8 Å². The number of oxime groups is 1. The summed E-state index contributed by atoms with van der Waals surface area (Å²) in [6.45, 7) is 5.95. The number of rotatable bonds is 15. The van der Waals surface area contributed by atoms with Crippen LogP contribution in [0.2, 0.25) is 4.34 Å². The molecule has 14 nitrogen and oxygen atoms in total. The minimum absolute atomic E-state index is 0.0250. The van der Waals surface area contributed by atoms with Gasteiger partial charge >= 0.3 is 12.1 Å². The van der Waals surface area contributed by atoms with Crippen molar-refractivity contribution in [2.24, 2.45) is 5.16 Å². The monoisotopic (exact) mass is 877 g/mol. The Morgan fingerprint density at radius 1 is 1.08 bits per heavy atom. The molecule has 0 bridgehead atoms. The third kappa shape index (κ3) is 10.6. The first-order chi connectivity index (χ1) is 28.3. The number of pyridine rings is 1. The number of nitrogens with one attached hydrogen (secondary N) is 1. The van der Waals surface area contributed by atoms with Gasteiger partial charge in [-0.25, -0.2) is 14.6 Å². The van der Waals surface area contributed by atoms with Crippen molar-refractivity contribution >= 4 is 81.2 Å². The highest BCUT2D eigenvalue weighted by molar-refractivity contribution is 8.03. The van der Waals surface area contributed by atoms with E-state index in [0.717, 1.165) is 33.1 Å². The maximum absolute atomic E-state index is 14.6. The number of carbonyl (C=O) groups is 4. The number of benzene rings is 2. The van der Waals surface area contributed by atoms with E-state index in [4.69, 9.17) is 31.6 Å². The molecule has 2 aromatic heterocycles. The fourth-order valence-electron chi connectivity index (χ4n) is 6.38. The molecule has 2 aliphatic rings. The highest BCUT2D eigenvalue weighted by Crippen LogP contribution is 2.45. The molecule has 0 saturated carbocycles. The number of ether oxygens (including phenoxy) is 2. The molecule has 1 fully saturated rings. The number of thioether (sulfide) groups is 2. The van der Waals surface area contributed by atoms with Crippen molar-refractivity contribution in [1.29, 1.82) is 0 Å². The van der Waals surface area contributed by atoms with Crippen LogP contribution in [-0.2, 0) is 34.4 Å². The average Bonchev–Trinajstić information content (AvgIpc) is 3.56. The van der Waals surface area contributed by atoms with E-state index in [1.807, 2.05) is 93.6 Å². The lowest BCUT2D eigenvalue weighted by Gasteiger charge is -2.50. The number of allylic oxidation sites excluding steroid dienone is 1. The number of hydrogen-bond donors (Lipinski definition) is 2. The van der Waals surface area contributed by atoms with Crippen molar-refractivity contribution in [3.63, 3.8) is 0 Å². The number of β-lactam (4-membered cyclic amide) rings is 1. The van der Waals surface area contributed by atoms with E-state index in [0.29, 0.717) is 35.8 Å². The van der Waals surface area contributed by atoms with E-state index in [2.05, 4.69) is 20.4 Å². The fourth-order valence-corrected chi connectivity index (χ4v) is 9.52. The quantitative estimate of drug-likeness (QED) is 0.0410. The van der Waals surface area contributed by atoms with Gasteiger partial charge in [0.1, 0.15) is 34.5 Å². The molecule has 0 radical (unpaired) electrons. The van der Waals surface area contributed by atoms with Gasteiger partial charge in [0.15, 0.2) is 16.9 Å². The third-order valence-electron chi connectivity index (χ3n) is 9.12. The fraction of sp³-hybridized carbons (Fsp3) is 0.341. The largest absolute Gasteiger partial charge is 0.448 e. The topological polar surface area (TPSA) is 179 Å².